The molecule has 0 amide bonds. The first kappa shape index (κ1) is 16.6. The Morgan fingerprint density at radius 1 is 1.35 bits per heavy atom. The lowest BCUT2D eigenvalue weighted by Gasteiger charge is -2.23. The number of ether oxygens (including phenoxy) is 1. The van der Waals surface area contributed by atoms with Crippen molar-refractivity contribution in [1.82, 2.24) is 9.97 Å². The molecular weight excluding hydrogens is 287 g/mol. The SMILES string of the molecule is CC(C)(COOP(C)(=O)O)COc1cc(N)nc(N)n1. The highest BCUT2D eigenvalue weighted by Crippen LogP contribution is 2.37. The van der Waals surface area contributed by atoms with Crippen LogP contribution in [0.5, 0.6) is 5.88 Å². The van der Waals surface area contributed by atoms with Gasteiger partial charge in [-0.1, -0.05) is 13.8 Å². The number of aromatic nitrogens is 2. The standard InChI is InChI=1S/C10H19N4O5P/c1-10(2,6-18-19-20(3,15)16)5-17-8-4-7(11)13-9(12)14-8/h4H,5-6H2,1-3H3,(H,15,16)(H4,11,12,13,14). The van der Waals surface area contributed by atoms with Gasteiger partial charge in [0.2, 0.25) is 11.8 Å². The second-order valence-corrected chi connectivity index (χ2v) is 6.84. The Bertz CT molecular complexity index is 484. The summed E-state index contributed by atoms with van der Waals surface area (Å²) in [6.07, 6.45) is 0. The molecule has 1 atom stereocenters. The Morgan fingerprint density at radius 2 is 2.00 bits per heavy atom. The highest BCUT2D eigenvalue weighted by atomic mass is 31.2. The van der Waals surface area contributed by atoms with Gasteiger partial charge in [-0.3, -0.25) is 4.57 Å². The molecule has 1 heterocycles. The lowest BCUT2D eigenvalue weighted by Crippen LogP contribution is -2.27. The molecule has 0 fully saturated rings. The molecule has 20 heavy (non-hydrogen) atoms. The van der Waals surface area contributed by atoms with Gasteiger partial charge >= 0.3 is 7.60 Å². The van der Waals surface area contributed by atoms with Crippen molar-refractivity contribution in [2.75, 3.05) is 31.3 Å². The van der Waals surface area contributed by atoms with E-state index in [1.54, 1.807) is 0 Å². The zero-order chi connectivity index (χ0) is 15.4. The van der Waals surface area contributed by atoms with E-state index in [0.717, 1.165) is 6.66 Å². The Balaban J connectivity index is 2.48. The average Bonchev–Trinajstić information content (AvgIpc) is 2.23. The van der Waals surface area contributed by atoms with E-state index in [0.29, 0.717) is 0 Å². The van der Waals surface area contributed by atoms with E-state index in [9.17, 15) is 4.57 Å². The number of rotatable bonds is 7. The maximum absolute atomic E-state index is 10.9. The summed E-state index contributed by atoms with van der Waals surface area (Å²) in [5, 5.41) is 0. The van der Waals surface area contributed by atoms with Crippen LogP contribution in [0.25, 0.3) is 0 Å². The summed E-state index contributed by atoms with van der Waals surface area (Å²) in [4.78, 5) is 21.2. The molecule has 0 aliphatic rings. The van der Waals surface area contributed by atoms with E-state index in [1.165, 1.54) is 6.07 Å². The van der Waals surface area contributed by atoms with Crippen LogP contribution in [-0.2, 0) is 14.1 Å². The number of nitrogen functional groups attached to an aromatic ring is 2. The number of nitrogens with zero attached hydrogens (tertiary/aromatic N) is 2. The molecule has 0 radical (unpaired) electrons. The summed E-state index contributed by atoms with van der Waals surface area (Å²) >= 11 is 0. The van der Waals surface area contributed by atoms with Gasteiger partial charge in [-0.15, -0.1) is 4.67 Å². The second kappa shape index (κ2) is 6.36. The minimum Gasteiger partial charge on any atom is -0.477 e. The molecule has 1 rings (SSSR count). The van der Waals surface area contributed by atoms with Crippen LogP contribution < -0.4 is 16.2 Å². The Kier molecular flexibility index (Phi) is 5.29. The van der Waals surface area contributed by atoms with Crippen molar-refractivity contribution in [3.63, 3.8) is 0 Å². The van der Waals surface area contributed by atoms with E-state index in [2.05, 4.69) is 14.6 Å². The van der Waals surface area contributed by atoms with Gasteiger partial charge in [0.25, 0.3) is 0 Å². The first-order valence-corrected chi connectivity index (χ1v) is 7.74. The normalized spacial score (nSPS) is 14.8. The highest BCUT2D eigenvalue weighted by Gasteiger charge is 2.22. The third-order valence-electron chi connectivity index (χ3n) is 1.99. The van der Waals surface area contributed by atoms with Crippen LogP contribution in [0.3, 0.4) is 0 Å². The maximum atomic E-state index is 10.9. The van der Waals surface area contributed by atoms with Gasteiger partial charge < -0.3 is 21.1 Å². The molecule has 0 aromatic carbocycles. The lowest BCUT2D eigenvalue weighted by molar-refractivity contribution is -0.233. The smallest absolute Gasteiger partial charge is 0.352 e. The van der Waals surface area contributed by atoms with Crippen LogP contribution in [0, 0.1) is 5.41 Å². The monoisotopic (exact) mass is 306 g/mol. The van der Waals surface area contributed by atoms with Crippen LogP contribution in [0.4, 0.5) is 11.8 Å². The van der Waals surface area contributed by atoms with E-state index >= 15 is 0 Å². The van der Waals surface area contributed by atoms with Crippen molar-refractivity contribution in [3.05, 3.63) is 6.07 Å². The number of nitrogens with two attached hydrogens (primary N) is 2. The molecule has 114 valence electrons. The molecule has 0 saturated carbocycles. The van der Waals surface area contributed by atoms with Crippen LogP contribution in [0.2, 0.25) is 0 Å². The summed E-state index contributed by atoms with van der Waals surface area (Å²) < 4.78 is 20.7. The van der Waals surface area contributed by atoms with Crippen molar-refractivity contribution < 1.29 is 23.8 Å². The quantitative estimate of drug-likeness (QED) is 0.378. The number of hydrogen-bond donors (Lipinski definition) is 3. The zero-order valence-corrected chi connectivity index (χ0v) is 12.5. The van der Waals surface area contributed by atoms with Crippen molar-refractivity contribution >= 4 is 19.4 Å². The van der Waals surface area contributed by atoms with E-state index < -0.39 is 13.0 Å². The molecule has 0 aliphatic heterocycles. The zero-order valence-electron chi connectivity index (χ0n) is 11.6. The minimum absolute atomic E-state index is 0.0181. The van der Waals surface area contributed by atoms with Crippen molar-refractivity contribution in [3.8, 4) is 5.88 Å². The molecule has 1 aromatic heterocycles. The molecule has 1 unspecified atom stereocenters. The predicted octanol–water partition coefficient (Wildman–Crippen LogP) is 0.809. The van der Waals surface area contributed by atoms with Gasteiger partial charge in [0.15, 0.2) is 0 Å². The molecular formula is C10H19N4O5P. The molecule has 9 nitrogen and oxygen atoms in total. The van der Waals surface area contributed by atoms with E-state index in [-0.39, 0.29) is 30.9 Å². The molecule has 0 bridgehead atoms. The molecule has 5 N–H and O–H groups in total. The van der Waals surface area contributed by atoms with Crippen LogP contribution >= 0.6 is 7.60 Å². The molecule has 0 saturated heterocycles. The first-order valence-electron chi connectivity index (χ1n) is 5.72. The van der Waals surface area contributed by atoms with Crippen molar-refractivity contribution in [2.45, 2.75) is 13.8 Å². The van der Waals surface area contributed by atoms with Crippen molar-refractivity contribution in [2.24, 2.45) is 5.41 Å². The first-order chi connectivity index (χ1) is 9.07. The van der Waals surface area contributed by atoms with Crippen LogP contribution in [0.1, 0.15) is 13.8 Å². The summed E-state index contributed by atoms with van der Waals surface area (Å²) in [5.41, 5.74) is 10.5. The van der Waals surface area contributed by atoms with Crippen LogP contribution in [0.15, 0.2) is 6.07 Å². The third kappa shape index (κ3) is 6.67. The largest absolute Gasteiger partial charge is 0.477 e. The van der Waals surface area contributed by atoms with Gasteiger partial charge in [-0.2, -0.15) is 9.97 Å². The summed E-state index contributed by atoms with van der Waals surface area (Å²) in [6.45, 7) is 4.94. The number of hydrogen-bond acceptors (Lipinski definition) is 8. The minimum atomic E-state index is -3.66. The Morgan fingerprint density at radius 3 is 2.55 bits per heavy atom. The fraction of sp³-hybridized carbons (Fsp3) is 0.600. The summed E-state index contributed by atoms with van der Waals surface area (Å²) in [5.74, 6) is 0.467. The molecule has 10 heteroatoms. The van der Waals surface area contributed by atoms with Gasteiger partial charge in [-0.05, 0) is 0 Å². The fourth-order valence-electron chi connectivity index (χ4n) is 1.13. The Labute approximate surface area is 116 Å². The molecule has 0 aliphatic carbocycles. The highest BCUT2D eigenvalue weighted by molar-refractivity contribution is 7.51. The van der Waals surface area contributed by atoms with Gasteiger partial charge in [0.05, 0.1) is 13.2 Å². The van der Waals surface area contributed by atoms with Gasteiger partial charge in [0.1, 0.15) is 5.82 Å². The summed E-state index contributed by atoms with van der Waals surface area (Å²) in [6, 6.07) is 1.44. The van der Waals surface area contributed by atoms with Gasteiger partial charge in [0, 0.05) is 18.1 Å². The van der Waals surface area contributed by atoms with Gasteiger partial charge in [-0.25, -0.2) is 4.89 Å². The molecule has 1 aromatic rings. The fourth-order valence-corrected chi connectivity index (χ4v) is 1.38. The van der Waals surface area contributed by atoms with Crippen LogP contribution in [-0.4, -0.2) is 34.7 Å². The average molecular weight is 306 g/mol. The Hall–Kier alpha value is -1.41. The van der Waals surface area contributed by atoms with E-state index in [4.69, 9.17) is 26.0 Å². The lowest BCUT2D eigenvalue weighted by atomic mass is 9.97. The second-order valence-electron chi connectivity index (χ2n) is 5.08. The summed E-state index contributed by atoms with van der Waals surface area (Å²) in [7, 11) is -3.66. The predicted molar refractivity (Wildman–Crippen MR) is 72.9 cm³/mol. The number of anilines is 2. The van der Waals surface area contributed by atoms with Crippen molar-refractivity contribution in [1.29, 1.82) is 0 Å². The maximum Gasteiger partial charge on any atom is 0.352 e. The van der Waals surface area contributed by atoms with E-state index in [1.807, 2.05) is 13.8 Å². The molecule has 0 spiro atoms. The topological polar surface area (TPSA) is 143 Å². The third-order valence-corrected chi connectivity index (χ3v) is 2.37.